The lowest BCUT2D eigenvalue weighted by Gasteiger charge is -2.17. The molecule has 1 N–H and O–H groups in total. The van der Waals surface area contributed by atoms with Gasteiger partial charge in [-0.05, 0) is 54.3 Å². The average Bonchev–Trinajstić information content (AvgIpc) is 3.12. The first-order valence-corrected chi connectivity index (χ1v) is 11.6. The van der Waals surface area contributed by atoms with E-state index in [0.29, 0.717) is 28.5 Å². The summed E-state index contributed by atoms with van der Waals surface area (Å²) >= 11 is 5.99. The van der Waals surface area contributed by atoms with Gasteiger partial charge >= 0.3 is 0 Å². The molecule has 0 aliphatic carbocycles. The topological polar surface area (TPSA) is 73.2 Å². The number of unbranched alkanes of at least 4 members (excludes halogenated alkanes) is 1. The Hall–Kier alpha value is -3.88. The van der Waals surface area contributed by atoms with Crippen LogP contribution in [-0.2, 0) is 22.6 Å². The Kier molecular flexibility index (Phi) is 7.10. The smallest absolute Gasteiger partial charge is 0.267 e. The van der Waals surface area contributed by atoms with Crippen molar-refractivity contribution in [3.63, 3.8) is 0 Å². The summed E-state index contributed by atoms with van der Waals surface area (Å²) in [5, 5.41) is 13.3. The molecule has 1 aliphatic rings. The molecule has 34 heavy (non-hydrogen) atoms. The first-order valence-electron chi connectivity index (χ1n) is 11.2. The first kappa shape index (κ1) is 23.3. The average molecular weight is 470 g/mol. The first-order chi connectivity index (χ1) is 16.5. The Bertz CT molecular complexity index is 1290. The van der Waals surface area contributed by atoms with Gasteiger partial charge in [-0.25, -0.2) is 0 Å². The number of nitrogens with zero attached hydrogens (tertiary/aromatic N) is 2. The minimum atomic E-state index is -0.602. The second kappa shape index (κ2) is 10.4. The van der Waals surface area contributed by atoms with E-state index in [0.717, 1.165) is 24.8 Å². The molecule has 0 fully saturated rings. The summed E-state index contributed by atoms with van der Waals surface area (Å²) in [5.41, 5.74) is 3.81. The van der Waals surface area contributed by atoms with Gasteiger partial charge in [0.25, 0.3) is 11.8 Å². The number of hydrogen-bond acceptors (Lipinski definition) is 3. The van der Waals surface area contributed by atoms with Gasteiger partial charge in [0.1, 0.15) is 11.6 Å². The van der Waals surface area contributed by atoms with E-state index in [9.17, 15) is 14.9 Å². The number of benzene rings is 3. The number of fused-ring (bicyclic) bond motifs is 1. The maximum atomic E-state index is 13.4. The predicted octanol–water partition coefficient (Wildman–Crippen LogP) is 6.15. The number of amides is 2. The SMILES string of the molecule is CCCCc1ccc(NC(=O)C(C#N)=C2C(=O)N(Cc3ccc(Cl)cc3)c3ccccc32)cc1. The highest BCUT2D eigenvalue weighted by molar-refractivity contribution is 6.37. The summed E-state index contributed by atoms with van der Waals surface area (Å²) in [7, 11) is 0. The number of hydrogen-bond donors (Lipinski definition) is 1. The third kappa shape index (κ3) is 4.88. The fraction of sp³-hybridized carbons (Fsp3) is 0.179. The van der Waals surface area contributed by atoms with Crippen LogP contribution < -0.4 is 10.2 Å². The van der Waals surface area contributed by atoms with E-state index in [1.807, 2.05) is 54.6 Å². The number of para-hydroxylation sites is 1. The molecule has 0 saturated carbocycles. The van der Waals surface area contributed by atoms with E-state index >= 15 is 0 Å². The largest absolute Gasteiger partial charge is 0.321 e. The maximum absolute atomic E-state index is 13.4. The van der Waals surface area contributed by atoms with Crippen molar-refractivity contribution in [1.29, 1.82) is 5.26 Å². The molecule has 3 aromatic rings. The van der Waals surface area contributed by atoms with Crippen molar-refractivity contribution < 1.29 is 9.59 Å². The fourth-order valence-corrected chi connectivity index (χ4v) is 4.13. The summed E-state index contributed by atoms with van der Waals surface area (Å²) in [5.74, 6) is -0.979. The Balaban J connectivity index is 1.63. The molecular formula is C28H24ClN3O2. The van der Waals surface area contributed by atoms with Crippen molar-refractivity contribution in [3.8, 4) is 6.07 Å². The number of nitriles is 1. The Labute approximate surface area is 204 Å². The van der Waals surface area contributed by atoms with Crippen LogP contribution >= 0.6 is 11.6 Å². The van der Waals surface area contributed by atoms with Gasteiger partial charge in [0.05, 0.1) is 17.8 Å². The lowest BCUT2D eigenvalue weighted by molar-refractivity contribution is -0.114. The third-order valence-corrected chi connectivity index (χ3v) is 6.05. The van der Waals surface area contributed by atoms with Gasteiger partial charge in [-0.1, -0.05) is 67.4 Å². The van der Waals surface area contributed by atoms with E-state index in [-0.39, 0.29) is 17.1 Å². The quantitative estimate of drug-likeness (QED) is 0.333. The van der Waals surface area contributed by atoms with Crippen LogP contribution in [0.15, 0.2) is 78.4 Å². The Morgan fingerprint density at radius 1 is 1.00 bits per heavy atom. The van der Waals surface area contributed by atoms with E-state index < -0.39 is 5.91 Å². The molecular weight excluding hydrogens is 446 g/mol. The van der Waals surface area contributed by atoms with Crippen molar-refractivity contribution in [1.82, 2.24) is 0 Å². The zero-order chi connectivity index (χ0) is 24.1. The molecule has 3 aromatic carbocycles. The zero-order valence-corrected chi connectivity index (χ0v) is 19.6. The Morgan fingerprint density at radius 2 is 1.68 bits per heavy atom. The van der Waals surface area contributed by atoms with Crippen molar-refractivity contribution in [3.05, 3.63) is 100 Å². The molecule has 0 radical (unpaired) electrons. The lowest BCUT2D eigenvalue weighted by Crippen LogP contribution is -2.27. The summed E-state index contributed by atoms with van der Waals surface area (Å²) in [6.45, 7) is 2.45. The number of rotatable bonds is 7. The van der Waals surface area contributed by atoms with Crippen LogP contribution in [0.2, 0.25) is 5.02 Å². The molecule has 0 saturated heterocycles. The van der Waals surface area contributed by atoms with Gasteiger partial charge in [0, 0.05) is 16.3 Å². The van der Waals surface area contributed by atoms with Gasteiger partial charge in [-0.3, -0.25) is 9.59 Å². The van der Waals surface area contributed by atoms with E-state index in [2.05, 4.69) is 12.2 Å². The van der Waals surface area contributed by atoms with Crippen molar-refractivity contribution in [2.75, 3.05) is 10.2 Å². The van der Waals surface area contributed by atoms with E-state index in [4.69, 9.17) is 11.6 Å². The number of nitrogens with one attached hydrogen (secondary N) is 1. The summed E-state index contributed by atoms with van der Waals surface area (Å²) in [4.78, 5) is 28.1. The molecule has 0 aromatic heterocycles. The van der Waals surface area contributed by atoms with Gasteiger partial charge in [0.2, 0.25) is 0 Å². The summed E-state index contributed by atoms with van der Waals surface area (Å²) in [6, 6.07) is 24.0. The second-order valence-corrected chi connectivity index (χ2v) is 8.59. The van der Waals surface area contributed by atoms with Crippen LogP contribution in [0.1, 0.15) is 36.5 Å². The molecule has 1 heterocycles. The number of halogens is 1. The number of carbonyl (C=O) groups is 2. The highest BCUT2D eigenvalue weighted by Gasteiger charge is 2.36. The fourth-order valence-electron chi connectivity index (χ4n) is 4.00. The van der Waals surface area contributed by atoms with Crippen LogP contribution in [-0.4, -0.2) is 11.8 Å². The van der Waals surface area contributed by atoms with Gasteiger partial charge in [0.15, 0.2) is 0 Å². The van der Waals surface area contributed by atoms with E-state index in [1.165, 1.54) is 5.56 Å². The molecule has 0 bridgehead atoms. The zero-order valence-electron chi connectivity index (χ0n) is 18.8. The molecule has 170 valence electrons. The minimum Gasteiger partial charge on any atom is -0.321 e. The summed E-state index contributed by atoms with van der Waals surface area (Å²) < 4.78 is 0. The van der Waals surface area contributed by atoms with Crippen LogP contribution in [0, 0.1) is 11.3 Å². The minimum absolute atomic E-state index is 0.115. The van der Waals surface area contributed by atoms with Crippen molar-refractivity contribution in [2.45, 2.75) is 32.7 Å². The molecule has 2 amide bonds. The van der Waals surface area contributed by atoms with Gasteiger partial charge in [-0.15, -0.1) is 0 Å². The lowest BCUT2D eigenvalue weighted by atomic mass is 10.0. The molecule has 0 spiro atoms. The van der Waals surface area contributed by atoms with Crippen LogP contribution in [0.4, 0.5) is 11.4 Å². The normalized spacial score (nSPS) is 13.9. The van der Waals surface area contributed by atoms with Gasteiger partial charge < -0.3 is 10.2 Å². The van der Waals surface area contributed by atoms with E-state index in [1.54, 1.807) is 29.2 Å². The second-order valence-electron chi connectivity index (χ2n) is 8.15. The standard InChI is InChI=1S/C28H24ClN3O2/c1-2-3-6-19-11-15-22(16-12-19)31-27(33)24(17-30)26-23-7-4-5-8-25(23)32(28(26)34)18-20-9-13-21(29)14-10-20/h4-5,7-16H,2-3,6,18H2,1H3,(H,31,33). The number of anilines is 2. The van der Waals surface area contributed by atoms with Gasteiger partial charge in [-0.2, -0.15) is 5.26 Å². The summed E-state index contributed by atoms with van der Waals surface area (Å²) in [6.07, 6.45) is 3.19. The highest BCUT2D eigenvalue weighted by Crippen LogP contribution is 2.39. The number of carbonyl (C=O) groups excluding carboxylic acids is 2. The molecule has 5 nitrogen and oxygen atoms in total. The molecule has 1 aliphatic heterocycles. The number of aryl methyl sites for hydroxylation is 1. The Morgan fingerprint density at radius 3 is 2.35 bits per heavy atom. The maximum Gasteiger partial charge on any atom is 0.267 e. The molecule has 4 rings (SSSR count). The van der Waals surface area contributed by atoms with Crippen molar-refractivity contribution >= 4 is 40.4 Å². The van der Waals surface area contributed by atoms with Crippen molar-refractivity contribution in [2.24, 2.45) is 0 Å². The van der Waals surface area contributed by atoms with Crippen LogP contribution in [0.25, 0.3) is 5.57 Å². The monoisotopic (exact) mass is 469 g/mol. The molecule has 0 atom stereocenters. The molecule has 0 unspecified atom stereocenters. The predicted molar refractivity (Wildman–Crippen MR) is 135 cm³/mol. The molecule has 6 heteroatoms. The third-order valence-electron chi connectivity index (χ3n) is 5.80. The van der Waals surface area contributed by atoms with Crippen LogP contribution in [0.5, 0.6) is 0 Å². The highest BCUT2D eigenvalue weighted by atomic mass is 35.5. The van der Waals surface area contributed by atoms with Crippen LogP contribution in [0.3, 0.4) is 0 Å².